The van der Waals surface area contributed by atoms with Gasteiger partial charge in [0.2, 0.25) is 0 Å². The van der Waals surface area contributed by atoms with Crippen LogP contribution in [0.2, 0.25) is 0 Å². The van der Waals surface area contributed by atoms with Gasteiger partial charge in [0.1, 0.15) is 0 Å². The van der Waals surface area contributed by atoms with Gasteiger partial charge in [-0.05, 0) is 39.0 Å². The smallest absolute Gasteiger partial charge is 0.255 e. The van der Waals surface area contributed by atoms with Gasteiger partial charge in [0.25, 0.3) is 5.91 Å². The number of halogens is 1. The van der Waals surface area contributed by atoms with Crippen molar-refractivity contribution in [2.45, 2.75) is 26.3 Å². The summed E-state index contributed by atoms with van der Waals surface area (Å²) in [7, 11) is 0. The second-order valence-corrected chi connectivity index (χ2v) is 7.77. The first-order valence-electron chi connectivity index (χ1n) is 8.74. The zero-order chi connectivity index (χ0) is 17.8. The number of carbonyl (C=O) groups is 1. The van der Waals surface area contributed by atoms with E-state index in [1.165, 1.54) is 11.1 Å². The third-order valence-electron chi connectivity index (χ3n) is 4.66. The van der Waals surface area contributed by atoms with Crippen LogP contribution in [0.4, 0.5) is 0 Å². The Balaban J connectivity index is 1.54. The van der Waals surface area contributed by atoms with Gasteiger partial charge in [-0.25, -0.2) is 0 Å². The maximum atomic E-state index is 12.6. The van der Waals surface area contributed by atoms with Gasteiger partial charge in [-0.1, -0.05) is 38.1 Å². The van der Waals surface area contributed by atoms with Crippen LogP contribution in [0.25, 0.3) is 0 Å². The van der Waals surface area contributed by atoms with Gasteiger partial charge in [-0.2, -0.15) is 0 Å². The van der Waals surface area contributed by atoms with Crippen molar-refractivity contribution in [1.82, 2.24) is 14.8 Å². The molecular weight excluding hydrogens is 378 g/mol. The third kappa shape index (κ3) is 4.67. The first kappa shape index (κ1) is 18.1. The number of hydrogen-bond donors (Lipinski definition) is 0. The number of aromatic nitrogens is 1. The van der Waals surface area contributed by atoms with Gasteiger partial charge in [-0.3, -0.25) is 14.7 Å². The molecule has 0 atom stereocenters. The van der Waals surface area contributed by atoms with Crippen LogP contribution in [0, 0.1) is 0 Å². The van der Waals surface area contributed by atoms with E-state index in [-0.39, 0.29) is 5.91 Å². The molecule has 0 radical (unpaired) electrons. The van der Waals surface area contributed by atoms with E-state index in [1.807, 2.05) is 11.0 Å². The summed E-state index contributed by atoms with van der Waals surface area (Å²) in [6.45, 7) is 8.69. The number of hydrogen-bond acceptors (Lipinski definition) is 3. The van der Waals surface area contributed by atoms with Crippen molar-refractivity contribution in [2.75, 3.05) is 26.2 Å². The molecule has 2 aromatic rings. The number of benzene rings is 1. The van der Waals surface area contributed by atoms with Crippen LogP contribution >= 0.6 is 15.9 Å². The quantitative estimate of drug-likeness (QED) is 0.778. The molecule has 1 saturated heterocycles. The Morgan fingerprint density at radius 1 is 1.12 bits per heavy atom. The summed E-state index contributed by atoms with van der Waals surface area (Å²) in [6, 6.07) is 10.7. The Kier molecular flexibility index (Phi) is 5.86. The lowest BCUT2D eigenvalue weighted by Crippen LogP contribution is -2.48. The summed E-state index contributed by atoms with van der Waals surface area (Å²) < 4.78 is 0.835. The molecule has 1 aliphatic rings. The Labute approximate surface area is 158 Å². The predicted molar refractivity (Wildman–Crippen MR) is 104 cm³/mol. The summed E-state index contributed by atoms with van der Waals surface area (Å²) in [5.74, 6) is 0.630. The normalized spacial score (nSPS) is 15.6. The van der Waals surface area contributed by atoms with Crippen LogP contribution in [0.1, 0.15) is 41.3 Å². The third-order valence-corrected chi connectivity index (χ3v) is 5.10. The molecule has 0 saturated carbocycles. The van der Waals surface area contributed by atoms with Gasteiger partial charge in [0.15, 0.2) is 0 Å². The molecule has 2 heterocycles. The zero-order valence-electron chi connectivity index (χ0n) is 14.8. The van der Waals surface area contributed by atoms with Crippen LogP contribution in [0.3, 0.4) is 0 Å². The van der Waals surface area contributed by atoms with E-state index in [0.29, 0.717) is 11.5 Å². The Morgan fingerprint density at radius 2 is 1.80 bits per heavy atom. The van der Waals surface area contributed by atoms with E-state index in [9.17, 15) is 4.79 Å². The van der Waals surface area contributed by atoms with Gasteiger partial charge in [-0.15, -0.1) is 0 Å². The lowest BCUT2D eigenvalue weighted by atomic mass is 10.0. The van der Waals surface area contributed by atoms with Crippen molar-refractivity contribution in [3.8, 4) is 0 Å². The average Bonchev–Trinajstić information content (AvgIpc) is 2.62. The first-order valence-corrected chi connectivity index (χ1v) is 9.53. The summed E-state index contributed by atoms with van der Waals surface area (Å²) >= 11 is 3.37. The highest BCUT2D eigenvalue weighted by Gasteiger charge is 2.22. The molecule has 132 valence electrons. The molecule has 1 amide bonds. The van der Waals surface area contributed by atoms with E-state index in [1.54, 1.807) is 12.4 Å². The maximum Gasteiger partial charge on any atom is 0.255 e. The lowest BCUT2D eigenvalue weighted by Gasteiger charge is -2.34. The molecule has 0 aliphatic carbocycles. The van der Waals surface area contributed by atoms with E-state index in [4.69, 9.17) is 0 Å². The van der Waals surface area contributed by atoms with Crippen molar-refractivity contribution in [1.29, 1.82) is 0 Å². The second-order valence-electron chi connectivity index (χ2n) is 6.86. The fraction of sp³-hybridized carbons (Fsp3) is 0.400. The van der Waals surface area contributed by atoms with Crippen LogP contribution in [0.5, 0.6) is 0 Å². The number of piperazine rings is 1. The summed E-state index contributed by atoms with van der Waals surface area (Å²) in [5, 5.41) is 0. The number of pyridine rings is 1. The standard InChI is InChI=1S/C20H24BrN3O/c1-15(2)17-5-3-16(4-6-17)14-23-7-9-24(10-8-23)20(25)18-11-19(21)13-22-12-18/h3-6,11-13,15H,7-10,14H2,1-2H3. The monoisotopic (exact) mass is 401 g/mol. The van der Waals surface area contributed by atoms with Crippen molar-refractivity contribution >= 4 is 21.8 Å². The first-order chi connectivity index (χ1) is 12.0. The van der Waals surface area contributed by atoms with E-state index < -0.39 is 0 Å². The van der Waals surface area contributed by atoms with Crippen LogP contribution in [0.15, 0.2) is 47.2 Å². The molecule has 3 rings (SSSR count). The molecule has 1 aliphatic heterocycles. The fourth-order valence-corrected chi connectivity index (χ4v) is 3.45. The number of carbonyl (C=O) groups excluding carboxylic acids is 1. The molecule has 1 aromatic carbocycles. The Bertz CT molecular complexity index is 722. The minimum atomic E-state index is 0.0646. The number of rotatable bonds is 4. The highest BCUT2D eigenvalue weighted by atomic mass is 79.9. The van der Waals surface area contributed by atoms with Crippen molar-refractivity contribution in [3.63, 3.8) is 0 Å². The summed E-state index contributed by atoms with van der Waals surface area (Å²) in [6.07, 6.45) is 3.33. The molecule has 0 unspecified atom stereocenters. The summed E-state index contributed by atoms with van der Waals surface area (Å²) in [4.78, 5) is 21.0. The minimum Gasteiger partial charge on any atom is -0.336 e. The average molecular weight is 402 g/mol. The molecule has 1 aromatic heterocycles. The second kappa shape index (κ2) is 8.11. The van der Waals surface area contributed by atoms with E-state index in [2.05, 4.69) is 63.9 Å². The molecule has 0 N–H and O–H groups in total. The largest absolute Gasteiger partial charge is 0.336 e. The van der Waals surface area contributed by atoms with Gasteiger partial charge < -0.3 is 4.90 Å². The Morgan fingerprint density at radius 3 is 2.40 bits per heavy atom. The Hall–Kier alpha value is -1.72. The molecule has 0 bridgehead atoms. The van der Waals surface area contributed by atoms with Crippen molar-refractivity contribution in [3.05, 3.63) is 63.9 Å². The molecule has 0 spiro atoms. The maximum absolute atomic E-state index is 12.6. The number of amides is 1. The van der Waals surface area contributed by atoms with Gasteiger partial charge >= 0.3 is 0 Å². The van der Waals surface area contributed by atoms with Gasteiger partial charge in [0.05, 0.1) is 5.56 Å². The van der Waals surface area contributed by atoms with Crippen LogP contribution in [-0.2, 0) is 6.54 Å². The van der Waals surface area contributed by atoms with Crippen molar-refractivity contribution in [2.24, 2.45) is 0 Å². The van der Waals surface area contributed by atoms with Crippen LogP contribution < -0.4 is 0 Å². The highest BCUT2D eigenvalue weighted by Crippen LogP contribution is 2.17. The van der Waals surface area contributed by atoms with E-state index >= 15 is 0 Å². The molecule has 5 heteroatoms. The zero-order valence-corrected chi connectivity index (χ0v) is 16.4. The minimum absolute atomic E-state index is 0.0646. The van der Waals surface area contributed by atoms with Crippen LogP contribution in [-0.4, -0.2) is 46.9 Å². The highest BCUT2D eigenvalue weighted by molar-refractivity contribution is 9.10. The lowest BCUT2D eigenvalue weighted by molar-refractivity contribution is 0.0628. The van der Waals surface area contributed by atoms with Gasteiger partial charge in [0, 0.05) is 49.6 Å². The summed E-state index contributed by atoms with van der Waals surface area (Å²) in [5.41, 5.74) is 3.36. The predicted octanol–water partition coefficient (Wildman–Crippen LogP) is 3.93. The molecule has 25 heavy (non-hydrogen) atoms. The van der Waals surface area contributed by atoms with Crippen molar-refractivity contribution < 1.29 is 4.79 Å². The van der Waals surface area contributed by atoms with E-state index in [0.717, 1.165) is 37.2 Å². The molecular formula is C20H24BrN3O. The molecule has 1 fully saturated rings. The topological polar surface area (TPSA) is 36.4 Å². The fourth-order valence-electron chi connectivity index (χ4n) is 3.09. The number of nitrogens with zero attached hydrogens (tertiary/aromatic N) is 3. The SMILES string of the molecule is CC(C)c1ccc(CN2CCN(C(=O)c3cncc(Br)c3)CC2)cc1. The molecule has 4 nitrogen and oxygen atoms in total.